The van der Waals surface area contributed by atoms with Gasteiger partial charge < -0.3 is 15.7 Å². The molecule has 3 N–H and O–H groups in total. The maximum atomic E-state index is 9.05. The van der Waals surface area contributed by atoms with E-state index in [1.165, 1.54) is 11.1 Å². The molecule has 0 spiro atoms. The standard InChI is InChI=1S/C16H27N3O/c1-4-14-8-6-7-9-15(14)11-19-16(17-5-2)18-10-13(3)12-20/h6-9,13,20H,4-5,10-12H2,1-3H3,(H2,17,18,19). The van der Waals surface area contributed by atoms with E-state index in [9.17, 15) is 0 Å². The van der Waals surface area contributed by atoms with Gasteiger partial charge in [-0.1, -0.05) is 38.1 Å². The molecule has 1 atom stereocenters. The number of aliphatic imine (C=N–C) groups is 1. The molecule has 1 rings (SSSR count). The Balaban J connectivity index is 2.66. The normalized spacial score (nSPS) is 13.1. The first-order chi connectivity index (χ1) is 9.71. The van der Waals surface area contributed by atoms with Gasteiger partial charge in [0.25, 0.3) is 0 Å². The van der Waals surface area contributed by atoms with Crippen LogP contribution in [0.2, 0.25) is 0 Å². The smallest absolute Gasteiger partial charge is 0.191 e. The van der Waals surface area contributed by atoms with Crippen LogP contribution in [0, 0.1) is 5.92 Å². The molecule has 0 fully saturated rings. The van der Waals surface area contributed by atoms with Gasteiger partial charge in [0, 0.05) is 19.7 Å². The molecule has 0 bridgehead atoms. The quantitative estimate of drug-likeness (QED) is 0.527. The highest BCUT2D eigenvalue weighted by Crippen LogP contribution is 2.10. The van der Waals surface area contributed by atoms with Gasteiger partial charge in [0.2, 0.25) is 0 Å². The third kappa shape index (κ3) is 5.61. The molecule has 0 heterocycles. The van der Waals surface area contributed by atoms with Gasteiger partial charge >= 0.3 is 0 Å². The lowest BCUT2D eigenvalue weighted by molar-refractivity contribution is 0.238. The fourth-order valence-electron chi connectivity index (χ4n) is 1.90. The average molecular weight is 277 g/mol. The number of aliphatic hydroxyl groups excluding tert-OH is 1. The zero-order valence-electron chi connectivity index (χ0n) is 12.8. The molecule has 20 heavy (non-hydrogen) atoms. The zero-order chi connectivity index (χ0) is 14.8. The molecule has 0 aliphatic carbocycles. The molecule has 0 aliphatic rings. The average Bonchev–Trinajstić information content (AvgIpc) is 2.49. The lowest BCUT2D eigenvalue weighted by Gasteiger charge is -2.14. The molecular weight excluding hydrogens is 250 g/mol. The van der Waals surface area contributed by atoms with Crippen molar-refractivity contribution in [3.63, 3.8) is 0 Å². The number of hydrogen-bond donors (Lipinski definition) is 3. The Bertz CT molecular complexity index is 418. The van der Waals surface area contributed by atoms with Crippen molar-refractivity contribution < 1.29 is 5.11 Å². The molecular formula is C16H27N3O. The molecule has 4 heteroatoms. The summed E-state index contributed by atoms with van der Waals surface area (Å²) in [7, 11) is 0. The molecule has 0 aromatic heterocycles. The molecule has 0 radical (unpaired) electrons. The van der Waals surface area contributed by atoms with E-state index in [4.69, 9.17) is 5.11 Å². The van der Waals surface area contributed by atoms with E-state index in [0.29, 0.717) is 6.54 Å². The molecule has 1 aromatic carbocycles. The highest BCUT2D eigenvalue weighted by Gasteiger charge is 2.03. The summed E-state index contributed by atoms with van der Waals surface area (Å²) in [6.45, 7) is 8.62. The molecule has 1 aromatic rings. The van der Waals surface area contributed by atoms with Crippen LogP contribution in [0.25, 0.3) is 0 Å². The van der Waals surface area contributed by atoms with E-state index in [1.807, 2.05) is 13.8 Å². The molecule has 1 unspecified atom stereocenters. The van der Waals surface area contributed by atoms with Crippen LogP contribution in [-0.2, 0) is 13.0 Å². The molecule has 0 amide bonds. The van der Waals surface area contributed by atoms with Gasteiger partial charge in [0.1, 0.15) is 0 Å². The monoisotopic (exact) mass is 277 g/mol. The van der Waals surface area contributed by atoms with Crippen molar-refractivity contribution in [2.75, 3.05) is 19.7 Å². The fourth-order valence-corrected chi connectivity index (χ4v) is 1.90. The number of hydrogen-bond acceptors (Lipinski definition) is 2. The van der Waals surface area contributed by atoms with Gasteiger partial charge in [-0.25, -0.2) is 4.99 Å². The van der Waals surface area contributed by atoms with Gasteiger partial charge in [-0.15, -0.1) is 0 Å². The first kappa shape index (κ1) is 16.5. The van der Waals surface area contributed by atoms with Gasteiger partial charge in [-0.3, -0.25) is 0 Å². The van der Waals surface area contributed by atoms with Crippen LogP contribution in [0.3, 0.4) is 0 Å². The second-order valence-corrected chi connectivity index (χ2v) is 4.99. The van der Waals surface area contributed by atoms with E-state index in [0.717, 1.165) is 25.5 Å². The van der Waals surface area contributed by atoms with Crippen molar-refractivity contribution >= 4 is 5.96 Å². The topological polar surface area (TPSA) is 56.7 Å². The van der Waals surface area contributed by atoms with Gasteiger partial charge in [0.05, 0.1) is 6.54 Å². The third-order valence-corrected chi connectivity index (χ3v) is 3.18. The van der Waals surface area contributed by atoms with E-state index >= 15 is 0 Å². The maximum Gasteiger partial charge on any atom is 0.191 e. The molecule has 0 aliphatic heterocycles. The Hall–Kier alpha value is -1.55. The summed E-state index contributed by atoms with van der Waals surface area (Å²) in [4.78, 5) is 4.61. The second-order valence-electron chi connectivity index (χ2n) is 4.99. The summed E-state index contributed by atoms with van der Waals surface area (Å²) in [6.07, 6.45) is 1.03. The fraction of sp³-hybridized carbons (Fsp3) is 0.562. The van der Waals surface area contributed by atoms with Gasteiger partial charge in [-0.2, -0.15) is 0 Å². The summed E-state index contributed by atoms with van der Waals surface area (Å²) < 4.78 is 0. The number of guanidine groups is 1. The predicted molar refractivity (Wildman–Crippen MR) is 84.9 cm³/mol. The Morgan fingerprint density at radius 3 is 2.50 bits per heavy atom. The van der Waals surface area contributed by atoms with Crippen LogP contribution in [0.15, 0.2) is 29.3 Å². The van der Waals surface area contributed by atoms with E-state index < -0.39 is 0 Å². The SMILES string of the molecule is CCNC(=NCc1ccccc1CC)NCC(C)CO. The van der Waals surface area contributed by atoms with Crippen LogP contribution in [0.1, 0.15) is 31.9 Å². The minimum Gasteiger partial charge on any atom is -0.396 e. The van der Waals surface area contributed by atoms with Gasteiger partial charge in [-0.05, 0) is 30.4 Å². The summed E-state index contributed by atoms with van der Waals surface area (Å²) in [5, 5.41) is 15.5. The van der Waals surface area contributed by atoms with Crippen LogP contribution in [-0.4, -0.2) is 30.8 Å². The van der Waals surface area contributed by atoms with Crippen molar-refractivity contribution in [1.82, 2.24) is 10.6 Å². The zero-order valence-corrected chi connectivity index (χ0v) is 12.8. The van der Waals surface area contributed by atoms with Crippen molar-refractivity contribution in [2.24, 2.45) is 10.9 Å². The summed E-state index contributed by atoms with van der Waals surface area (Å²) in [6, 6.07) is 8.40. The Morgan fingerprint density at radius 2 is 1.90 bits per heavy atom. The van der Waals surface area contributed by atoms with Crippen molar-refractivity contribution in [2.45, 2.75) is 33.7 Å². The number of nitrogens with one attached hydrogen (secondary N) is 2. The number of rotatable bonds is 7. The highest BCUT2D eigenvalue weighted by atomic mass is 16.3. The minimum absolute atomic E-state index is 0.186. The van der Waals surface area contributed by atoms with Gasteiger partial charge in [0.15, 0.2) is 5.96 Å². The van der Waals surface area contributed by atoms with Crippen molar-refractivity contribution in [3.8, 4) is 0 Å². The minimum atomic E-state index is 0.186. The van der Waals surface area contributed by atoms with Crippen LogP contribution >= 0.6 is 0 Å². The third-order valence-electron chi connectivity index (χ3n) is 3.18. The molecule has 112 valence electrons. The van der Waals surface area contributed by atoms with Crippen LogP contribution in [0.5, 0.6) is 0 Å². The molecule has 0 saturated heterocycles. The number of nitrogens with zero attached hydrogens (tertiary/aromatic N) is 1. The van der Waals surface area contributed by atoms with Crippen molar-refractivity contribution in [1.29, 1.82) is 0 Å². The Labute approximate surface area is 122 Å². The van der Waals surface area contributed by atoms with Crippen molar-refractivity contribution in [3.05, 3.63) is 35.4 Å². The van der Waals surface area contributed by atoms with E-state index in [1.54, 1.807) is 0 Å². The summed E-state index contributed by atoms with van der Waals surface area (Å²) in [5.74, 6) is 1.03. The summed E-state index contributed by atoms with van der Waals surface area (Å²) in [5.41, 5.74) is 2.61. The largest absolute Gasteiger partial charge is 0.396 e. The van der Waals surface area contributed by atoms with E-state index in [2.05, 4.69) is 46.8 Å². The number of aryl methyl sites for hydroxylation is 1. The summed E-state index contributed by atoms with van der Waals surface area (Å²) >= 11 is 0. The predicted octanol–water partition coefficient (Wildman–Crippen LogP) is 1.93. The lowest BCUT2D eigenvalue weighted by atomic mass is 10.1. The maximum absolute atomic E-state index is 9.05. The Kier molecular flexibility index (Phi) is 7.73. The highest BCUT2D eigenvalue weighted by molar-refractivity contribution is 5.79. The lowest BCUT2D eigenvalue weighted by Crippen LogP contribution is -2.39. The van der Waals surface area contributed by atoms with Crippen LogP contribution in [0.4, 0.5) is 0 Å². The first-order valence-corrected chi connectivity index (χ1v) is 7.41. The number of aliphatic hydroxyl groups is 1. The molecule has 0 saturated carbocycles. The molecule has 4 nitrogen and oxygen atoms in total. The Morgan fingerprint density at radius 1 is 1.20 bits per heavy atom. The van der Waals surface area contributed by atoms with E-state index in [-0.39, 0.29) is 12.5 Å². The first-order valence-electron chi connectivity index (χ1n) is 7.41. The number of benzene rings is 1. The van der Waals surface area contributed by atoms with Crippen LogP contribution < -0.4 is 10.6 Å². The second kappa shape index (κ2) is 9.37.